The molecule has 30 heavy (non-hydrogen) atoms. The summed E-state index contributed by atoms with van der Waals surface area (Å²) in [7, 11) is 1.62. The molecule has 0 amide bonds. The Morgan fingerprint density at radius 3 is 2.50 bits per heavy atom. The van der Waals surface area contributed by atoms with Gasteiger partial charge in [-0.2, -0.15) is 0 Å². The smallest absolute Gasteiger partial charge is 0.431 e. The minimum absolute atomic E-state index is 0.0262. The number of hydrogen-bond acceptors (Lipinski definition) is 6. The minimum Gasteiger partial charge on any atom is -0.431 e. The molecule has 2 aliphatic heterocycles. The molecule has 4 rings (SSSR count). The molecule has 2 fully saturated rings. The summed E-state index contributed by atoms with van der Waals surface area (Å²) in [5.74, 6) is -0.334. The highest BCUT2D eigenvalue weighted by Crippen LogP contribution is 2.60. The Morgan fingerprint density at radius 2 is 1.90 bits per heavy atom. The Bertz CT molecular complexity index is 907. The zero-order valence-corrected chi connectivity index (χ0v) is 18.5. The molecule has 6 heteroatoms. The second-order valence-corrected chi connectivity index (χ2v) is 9.09. The fourth-order valence-corrected chi connectivity index (χ4v) is 5.68. The van der Waals surface area contributed by atoms with Gasteiger partial charge in [0.2, 0.25) is 0 Å². The average molecular weight is 414 g/mol. The molecule has 2 bridgehead atoms. The van der Waals surface area contributed by atoms with Crippen LogP contribution in [-0.2, 0) is 23.7 Å². The number of fused-ring (bicyclic) bond motifs is 5. The maximum Gasteiger partial charge on any atom is 0.513 e. The van der Waals surface area contributed by atoms with E-state index in [-0.39, 0.29) is 23.9 Å². The van der Waals surface area contributed by atoms with Crippen molar-refractivity contribution in [1.82, 2.24) is 0 Å². The van der Waals surface area contributed by atoms with Gasteiger partial charge in [0.25, 0.3) is 0 Å². The third kappa shape index (κ3) is 3.17. The third-order valence-corrected chi connectivity index (χ3v) is 6.48. The number of allylic oxidation sites excluding steroid dienone is 1. The number of benzene rings is 1. The van der Waals surface area contributed by atoms with Crippen LogP contribution in [0.2, 0.25) is 0 Å². The van der Waals surface area contributed by atoms with E-state index in [1.165, 1.54) is 0 Å². The van der Waals surface area contributed by atoms with E-state index in [1.807, 2.05) is 20.8 Å². The van der Waals surface area contributed by atoms with Crippen LogP contribution in [0.15, 0.2) is 17.9 Å². The summed E-state index contributed by atoms with van der Waals surface area (Å²) >= 11 is 0. The lowest BCUT2D eigenvalue weighted by atomic mass is 9.72. The first kappa shape index (κ1) is 21.1. The first-order valence-corrected chi connectivity index (χ1v) is 10.6. The third-order valence-electron chi connectivity index (χ3n) is 6.48. The van der Waals surface area contributed by atoms with E-state index in [1.54, 1.807) is 21.0 Å². The number of methoxy groups -OCH3 is 1. The van der Waals surface area contributed by atoms with Gasteiger partial charge in [0.1, 0.15) is 11.4 Å². The molecule has 2 heterocycles. The van der Waals surface area contributed by atoms with Crippen LogP contribution >= 0.6 is 0 Å². The first-order chi connectivity index (χ1) is 14.2. The van der Waals surface area contributed by atoms with Crippen LogP contribution in [0.5, 0.6) is 0 Å². The summed E-state index contributed by atoms with van der Waals surface area (Å²) in [5, 5.41) is 0. The van der Waals surface area contributed by atoms with Gasteiger partial charge in [0.15, 0.2) is 5.78 Å². The van der Waals surface area contributed by atoms with Crippen LogP contribution in [0.4, 0.5) is 4.79 Å². The first-order valence-electron chi connectivity index (χ1n) is 10.6. The molecule has 1 aromatic rings. The number of rotatable bonds is 5. The Morgan fingerprint density at radius 1 is 1.23 bits per heavy atom. The van der Waals surface area contributed by atoms with E-state index < -0.39 is 17.7 Å². The fourth-order valence-electron chi connectivity index (χ4n) is 5.68. The van der Waals surface area contributed by atoms with Crippen molar-refractivity contribution in [3.8, 4) is 0 Å². The Balaban J connectivity index is 1.85. The van der Waals surface area contributed by atoms with Crippen molar-refractivity contribution in [1.29, 1.82) is 0 Å². The summed E-state index contributed by atoms with van der Waals surface area (Å²) in [6.07, 6.45) is 0.314. The van der Waals surface area contributed by atoms with Crippen molar-refractivity contribution in [3.63, 3.8) is 0 Å². The standard InChI is InChI=1S/C24H30O6/c1-12(2)28-23(26)29-22-18-16-7-8-24(30-16,11-27-6)20(18)21(25)19(22)17-14(4)9-13(3)10-15(17)5/h9-10,12,16,18,20H,7-8,11H2,1-6H3/t16-,18-,20+,24-/m0/s1. The molecule has 0 saturated carbocycles. The van der Waals surface area contributed by atoms with E-state index in [4.69, 9.17) is 18.9 Å². The van der Waals surface area contributed by atoms with E-state index in [2.05, 4.69) is 12.1 Å². The second kappa shape index (κ2) is 7.50. The van der Waals surface area contributed by atoms with E-state index in [0.717, 1.165) is 35.1 Å². The number of carbonyl (C=O) groups excluding carboxylic acids is 2. The topological polar surface area (TPSA) is 71.1 Å². The van der Waals surface area contributed by atoms with Gasteiger partial charge in [-0.15, -0.1) is 0 Å². The van der Waals surface area contributed by atoms with E-state index in [0.29, 0.717) is 17.9 Å². The normalized spacial score (nSPS) is 29.7. The van der Waals surface area contributed by atoms with Crippen LogP contribution in [-0.4, -0.2) is 43.5 Å². The number of ether oxygens (including phenoxy) is 4. The summed E-state index contributed by atoms with van der Waals surface area (Å²) in [4.78, 5) is 26.3. The minimum atomic E-state index is -0.781. The van der Waals surface area contributed by atoms with Gasteiger partial charge >= 0.3 is 6.16 Å². The molecular formula is C24H30O6. The Kier molecular flexibility index (Phi) is 5.27. The van der Waals surface area contributed by atoms with Crippen LogP contribution in [0.25, 0.3) is 5.57 Å². The highest BCUT2D eigenvalue weighted by Gasteiger charge is 2.67. The lowest BCUT2D eigenvalue weighted by molar-refractivity contribution is -0.126. The summed E-state index contributed by atoms with van der Waals surface area (Å²) < 4.78 is 22.7. The van der Waals surface area contributed by atoms with Gasteiger partial charge in [-0.1, -0.05) is 17.7 Å². The van der Waals surface area contributed by atoms with E-state index >= 15 is 0 Å². The quantitative estimate of drug-likeness (QED) is 0.670. The maximum atomic E-state index is 13.8. The zero-order chi connectivity index (χ0) is 21.8. The highest BCUT2D eigenvalue weighted by molar-refractivity contribution is 6.26. The van der Waals surface area contributed by atoms with E-state index in [9.17, 15) is 9.59 Å². The molecule has 0 aromatic heterocycles. The highest BCUT2D eigenvalue weighted by atomic mass is 16.7. The van der Waals surface area contributed by atoms with Crippen molar-refractivity contribution in [3.05, 3.63) is 40.1 Å². The number of Topliss-reactive ketones (excluding diaryl/α,β-unsaturated/α-hetero) is 1. The second-order valence-electron chi connectivity index (χ2n) is 9.09. The van der Waals surface area contributed by atoms with Crippen LogP contribution < -0.4 is 0 Å². The lowest BCUT2D eigenvalue weighted by Crippen LogP contribution is -2.44. The predicted octanol–water partition coefficient (Wildman–Crippen LogP) is 4.28. The molecule has 4 atom stereocenters. The molecule has 0 N–H and O–H groups in total. The van der Waals surface area contributed by atoms with Crippen molar-refractivity contribution >= 4 is 17.5 Å². The molecule has 1 aromatic carbocycles. The van der Waals surface area contributed by atoms with Crippen LogP contribution in [0.3, 0.4) is 0 Å². The molecule has 0 radical (unpaired) electrons. The number of ketones is 1. The molecule has 0 spiro atoms. The molecule has 1 aliphatic carbocycles. The molecule has 6 nitrogen and oxygen atoms in total. The van der Waals surface area contributed by atoms with Crippen molar-refractivity contribution in [2.75, 3.05) is 13.7 Å². The van der Waals surface area contributed by atoms with Crippen molar-refractivity contribution in [2.45, 2.75) is 65.3 Å². The zero-order valence-electron chi connectivity index (χ0n) is 18.5. The predicted molar refractivity (Wildman–Crippen MR) is 111 cm³/mol. The number of carbonyl (C=O) groups is 2. The molecule has 0 unspecified atom stereocenters. The summed E-state index contributed by atoms with van der Waals surface area (Å²) in [6, 6.07) is 4.10. The lowest BCUT2D eigenvalue weighted by Gasteiger charge is -2.31. The van der Waals surface area contributed by atoms with Crippen LogP contribution in [0, 0.1) is 32.6 Å². The van der Waals surface area contributed by atoms with Crippen molar-refractivity contribution in [2.24, 2.45) is 11.8 Å². The fraction of sp³-hybridized carbons (Fsp3) is 0.583. The molecule has 2 saturated heterocycles. The van der Waals surface area contributed by atoms with Crippen LogP contribution in [0.1, 0.15) is 48.9 Å². The van der Waals surface area contributed by atoms with Gasteiger partial charge in [0, 0.05) is 7.11 Å². The SMILES string of the molecule is COC[C@]12CC[C@H](O1)[C@@H]1C(OC(=O)OC(C)C)=C(c3c(C)cc(C)cc3C)C(=O)[C@@H]12. The van der Waals surface area contributed by atoms with Gasteiger partial charge in [-0.05, 0) is 64.2 Å². The molecular weight excluding hydrogens is 384 g/mol. The van der Waals surface area contributed by atoms with Gasteiger partial charge in [0.05, 0.1) is 36.2 Å². The van der Waals surface area contributed by atoms with Crippen molar-refractivity contribution < 1.29 is 28.5 Å². The average Bonchev–Trinajstić information content (AvgIpc) is 3.26. The Labute approximate surface area is 177 Å². The van der Waals surface area contributed by atoms with Gasteiger partial charge < -0.3 is 18.9 Å². The summed E-state index contributed by atoms with van der Waals surface area (Å²) in [6.45, 7) is 9.89. The van der Waals surface area contributed by atoms with Gasteiger partial charge in [-0.25, -0.2) is 4.79 Å². The number of aryl methyl sites for hydroxylation is 3. The van der Waals surface area contributed by atoms with Gasteiger partial charge in [-0.3, -0.25) is 4.79 Å². The molecule has 3 aliphatic rings. The largest absolute Gasteiger partial charge is 0.513 e. The maximum absolute atomic E-state index is 13.8. The number of hydrogen-bond donors (Lipinski definition) is 0. The Hall–Kier alpha value is -2.18. The molecule has 162 valence electrons. The monoisotopic (exact) mass is 414 g/mol. The summed E-state index contributed by atoms with van der Waals surface area (Å²) in [5.41, 5.74) is 3.79.